The van der Waals surface area contributed by atoms with E-state index in [-0.39, 0.29) is 11.5 Å². The zero-order valence-corrected chi connectivity index (χ0v) is 16.5. The second-order valence-electron chi connectivity index (χ2n) is 7.90. The van der Waals surface area contributed by atoms with Gasteiger partial charge in [-0.15, -0.1) is 12.3 Å². The molecule has 142 valence electrons. The Hall–Kier alpha value is -2.12. The van der Waals surface area contributed by atoms with E-state index in [0.717, 1.165) is 25.1 Å². The van der Waals surface area contributed by atoms with Gasteiger partial charge in [0.05, 0.1) is 6.04 Å². The summed E-state index contributed by atoms with van der Waals surface area (Å²) in [4.78, 5) is 0. The number of nitrogens with one attached hydrogen (secondary N) is 2. The average Bonchev–Trinajstić information content (AvgIpc) is 2.73. The minimum Gasteiger partial charge on any atom is -0.358 e. The highest BCUT2D eigenvalue weighted by atomic mass is 16.5. The van der Waals surface area contributed by atoms with Crippen LogP contribution in [0.4, 0.5) is 0 Å². The van der Waals surface area contributed by atoms with Gasteiger partial charge < -0.3 is 10.1 Å². The Morgan fingerprint density at radius 2 is 1.78 bits per heavy atom. The number of piperidine rings is 1. The first-order valence-corrected chi connectivity index (χ1v) is 9.62. The van der Waals surface area contributed by atoms with Gasteiger partial charge in [0.2, 0.25) is 0 Å². The SMILES string of the molecule is C#CC(C)(C)C1CNC(OC)(c2ccccc2)C(NCc2ccccc2)C1. The number of hydrogen-bond donors (Lipinski definition) is 2. The van der Waals surface area contributed by atoms with Gasteiger partial charge in [0.15, 0.2) is 5.72 Å². The fraction of sp³-hybridized carbons (Fsp3) is 0.417. The molecule has 1 aliphatic rings. The van der Waals surface area contributed by atoms with Crippen molar-refractivity contribution in [3.63, 3.8) is 0 Å². The highest BCUT2D eigenvalue weighted by Gasteiger charge is 2.47. The fourth-order valence-corrected chi connectivity index (χ4v) is 3.98. The standard InChI is InChI=1S/C24H30N2O/c1-5-23(2,3)21-16-22(25-17-19-12-8-6-9-13-19)24(27-4,26-18-21)20-14-10-7-11-15-20/h1,6-15,21-22,25-26H,16-18H2,2-4H3. The topological polar surface area (TPSA) is 33.3 Å². The van der Waals surface area contributed by atoms with Gasteiger partial charge in [0.1, 0.15) is 0 Å². The summed E-state index contributed by atoms with van der Waals surface area (Å²) in [7, 11) is 1.78. The van der Waals surface area contributed by atoms with Gasteiger partial charge in [-0.2, -0.15) is 0 Å². The minimum absolute atomic E-state index is 0.0940. The molecule has 0 radical (unpaired) electrons. The van der Waals surface area contributed by atoms with Crippen LogP contribution in [0.1, 0.15) is 31.4 Å². The number of ether oxygens (including phenoxy) is 1. The lowest BCUT2D eigenvalue weighted by molar-refractivity contribution is -0.106. The van der Waals surface area contributed by atoms with E-state index in [9.17, 15) is 0 Å². The van der Waals surface area contributed by atoms with Crippen molar-refractivity contribution in [3.8, 4) is 12.3 Å². The van der Waals surface area contributed by atoms with Gasteiger partial charge >= 0.3 is 0 Å². The van der Waals surface area contributed by atoms with Crippen molar-refractivity contribution in [1.82, 2.24) is 10.6 Å². The molecular formula is C24H30N2O. The molecule has 3 nitrogen and oxygen atoms in total. The first kappa shape index (κ1) is 19.6. The molecule has 3 unspecified atom stereocenters. The molecule has 0 amide bonds. The highest BCUT2D eigenvalue weighted by molar-refractivity contribution is 5.26. The third-order valence-corrected chi connectivity index (χ3v) is 5.93. The lowest BCUT2D eigenvalue weighted by Gasteiger charge is -2.49. The largest absolute Gasteiger partial charge is 0.358 e. The normalized spacial score (nSPS) is 25.7. The molecule has 1 heterocycles. The van der Waals surface area contributed by atoms with Gasteiger partial charge in [-0.05, 0) is 31.7 Å². The van der Waals surface area contributed by atoms with Crippen LogP contribution in [0.3, 0.4) is 0 Å². The van der Waals surface area contributed by atoms with Crippen LogP contribution in [-0.4, -0.2) is 19.7 Å². The van der Waals surface area contributed by atoms with Crippen LogP contribution in [0.2, 0.25) is 0 Å². The summed E-state index contributed by atoms with van der Waals surface area (Å²) in [5, 5.41) is 7.44. The summed E-state index contributed by atoms with van der Waals surface area (Å²) < 4.78 is 6.14. The Morgan fingerprint density at radius 1 is 1.15 bits per heavy atom. The number of methoxy groups -OCH3 is 1. The first-order chi connectivity index (χ1) is 13.0. The predicted octanol–water partition coefficient (Wildman–Crippen LogP) is 3.91. The van der Waals surface area contributed by atoms with Crippen molar-refractivity contribution in [3.05, 3.63) is 71.8 Å². The minimum atomic E-state index is -0.572. The number of terminal acetylenes is 1. The van der Waals surface area contributed by atoms with Crippen molar-refractivity contribution in [2.75, 3.05) is 13.7 Å². The van der Waals surface area contributed by atoms with Crippen LogP contribution in [0.25, 0.3) is 0 Å². The second kappa shape index (κ2) is 8.27. The van der Waals surface area contributed by atoms with E-state index >= 15 is 0 Å². The molecule has 3 heteroatoms. The molecule has 0 bridgehead atoms. The molecule has 2 aromatic rings. The molecule has 2 aromatic carbocycles. The van der Waals surface area contributed by atoms with Gasteiger partial charge in [-0.3, -0.25) is 5.32 Å². The summed E-state index contributed by atoms with van der Waals surface area (Å²) in [6.45, 7) is 5.91. The summed E-state index contributed by atoms with van der Waals surface area (Å²) in [5.41, 5.74) is 1.65. The summed E-state index contributed by atoms with van der Waals surface area (Å²) >= 11 is 0. The van der Waals surface area contributed by atoms with Crippen molar-refractivity contribution in [1.29, 1.82) is 0 Å². The Bertz CT molecular complexity index is 766. The lowest BCUT2D eigenvalue weighted by atomic mass is 9.71. The Kier molecular flexibility index (Phi) is 6.01. The van der Waals surface area contributed by atoms with E-state index in [1.807, 2.05) is 12.1 Å². The smallest absolute Gasteiger partial charge is 0.160 e. The molecular weight excluding hydrogens is 332 g/mol. The average molecular weight is 363 g/mol. The highest BCUT2D eigenvalue weighted by Crippen LogP contribution is 2.39. The van der Waals surface area contributed by atoms with E-state index in [0.29, 0.717) is 5.92 Å². The van der Waals surface area contributed by atoms with Crippen molar-refractivity contribution >= 4 is 0 Å². The monoisotopic (exact) mass is 362 g/mol. The molecule has 0 aliphatic carbocycles. The van der Waals surface area contributed by atoms with Crippen LogP contribution < -0.4 is 10.6 Å². The van der Waals surface area contributed by atoms with Gasteiger partial charge in [0.25, 0.3) is 0 Å². The summed E-state index contributed by atoms with van der Waals surface area (Å²) in [6.07, 6.45) is 6.77. The van der Waals surface area contributed by atoms with Gasteiger partial charge in [-0.1, -0.05) is 60.7 Å². The summed E-state index contributed by atoms with van der Waals surface area (Å²) in [6, 6.07) is 21.0. The Labute approximate surface area is 163 Å². The first-order valence-electron chi connectivity index (χ1n) is 9.62. The number of benzene rings is 2. The van der Waals surface area contributed by atoms with Gasteiger partial charge in [-0.25, -0.2) is 0 Å². The van der Waals surface area contributed by atoms with Crippen LogP contribution >= 0.6 is 0 Å². The maximum atomic E-state index is 6.14. The van der Waals surface area contributed by atoms with Crippen LogP contribution in [-0.2, 0) is 17.0 Å². The molecule has 1 fully saturated rings. The number of hydrogen-bond acceptors (Lipinski definition) is 3. The van der Waals surface area contributed by atoms with Crippen LogP contribution in [0.5, 0.6) is 0 Å². The van der Waals surface area contributed by atoms with E-state index in [4.69, 9.17) is 11.2 Å². The molecule has 1 saturated heterocycles. The molecule has 27 heavy (non-hydrogen) atoms. The van der Waals surface area contributed by atoms with E-state index < -0.39 is 5.72 Å². The molecule has 0 aromatic heterocycles. The van der Waals surface area contributed by atoms with E-state index in [1.54, 1.807) is 7.11 Å². The predicted molar refractivity (Wildman–Crippen MR) is 111 cm³/mol. The van der Waals surface area contributed by atoms with E-state index in [1.165, 1.54) is 5.56 Å². The maximum Gasteiger partial charge on any atom is 0.160 e. The molecule has 0 saturated carbocycles. The summed E-state index contributed by atoms with van der Waals surface area (Å²) in [5.74, 6) is 3.35. The van der Waals surface area contributed by atoms with E-state index in [2.05, 4.69) is 78.9 Å². The molecule has 2 N–H and O–H groups in total. The quantitative estimate of drug-likeness (QED) is 0.765. The van der Waals surface area contributed by atoms with Gasteiger partial charge in [0, 0.05) is 31.2 Å². The van der Waals surface area contributed by atoms with Crippen molar-refractivity contribution < 1.29 is 4.74 Å². The van der Waals surface area contributed by atoms with Crippen LogP contribution in [0, 0.1) is 23.7 Å². The fourth-order valence-electron chi connectivity index (χ4n) is 3.98. The van der Waals surface area contributed by atoms with Crippen LogP contribution in [0.15, 0.2) is 60.7 Å². The lowest BCUT2D eigenvalue weighted by Crippen LogP contribution is -2.64. The molecule has 3 atom stereocenters. The Morgan fingerprint density at radius 3 is 2.37 bits per heavy atom. The zero-order chi connectivity index (χ0) is 19.3. The Balaban J connectivity index is 1.90. The zero-order valence-electron chi connectivity index (χ0n) is 16.5. The molecule has 0 spiro atoms. The second-order valence-corrected chi connectivity index (χ2v) is 7.90. The third-order valence-electron chi connectivity index (χ3n) is 5.93. The molecule has 1 aliphatic heterocycles. The molecule has 3 rings (SSSR count). The number of rotatable bonds is 6. The van der Waals surface area contributed by atoms with Crippen molar-refractivity contribution in [2.24, 2.45) is 11.3 Å². The third kappa shape index (κ3) is 4.09. The maximum absolute atomic E-state index is 6.14. The van der Waals surface area contributed by atoms with Crippen molar-refractivity contribution in [2.45, 2.75) is 38.6 Å².